The van der Waals surface area contributed by atoms with Gasteiger partial charge in [0.1, 0.15) is 0 Å². The quantitative estimate of drug-likeness (QED) is 0.429. The van der Waals surface area contributed by atoms with E-state index in [0.717, 1.165) is 6.07 Å². The first kappa shape index (κ1) is 18.9. The Morgan fingerprint density at radius 1 is 1.15 bits per heavy atom. The Kier molecular flexibility index (Phi) is 6.26. The molecule has 0 saturated carbocycles. The van der Waals surface area contributed by atoms with Crippen LogP contribution in [0, 0.1) is 10.1 Å². The minimum atomic E-state index is -0.826. The number of carbonyl (C=O) groups is 2. The molecule has 0 N–H and O–H groups in total. The van der Waals surface area contributed by atoms with Crippen LogP contribution in [0.5, 0.6) is 5.75 Å². The fourth-order valence-electron chi connectivity index (χ4n) is 2.36. The van der Waals surface area contributed by atoms with Gasteiger partial charge < -0.3 is 14.4 Å². The van der Waals surface area contributed by atoms with Gasteiger partial charge in [-0.3, -0.25) is 14.9 Å². The van der Waals surface area contributed by atoms with Crippen LogP contribution < -0.4 is 9.64 Å². The highest BCUT2D eigenvalue weighted by atomic mass is 16.6. The van der Waals surface area contributed by atoms with Gasteiger partial charge in [-0.1, -0.05) is 18.2 Å². The first-order valence-electron chi connectivity index (χ1n) is 7.82. The number of carbonyl (C=O) groups excluding carboxylic acids is 2. The van der Waals surface area contributed by atoms with Crippen LogP contribution in [0.4, 0.5) is 11.4 Å². The normalized spacial score (nSPS) is 10.1. The predicted octanol–water partition coefficient (Wildman–Crippen LogP) is 2.81. The molecule has 2 rings (SSSR count). The molecule has 0 heterocycles. The molecule has 0 aliphatic carbocycles. The Hall–Kier alpha value is -3.42. The fraction of sp³-hybridized carbons (Fsp3) is 0.222. The van der Waals surface area contributed by atoms with E-state index in [0.29, 0.717) is 12.2 Å². The summed E-state index contributed by atoms with van der Waals surface area (Å²) in [6.07, 6.45) is 0. The number of methoxy groups -OCH3 is 1. The maximum Gasteiger partial charge on any atom is 0.338 e. The molecule has 8 heteroatoms. The van der Waals surface area contributed by atoms with Crippen molar-refractivity contribution in [1.29, 1.82) is 0 Å². The number of nitro groups is 1. The van der Waals surface area contributed by atoms with Crippen molar-refractivity contribution < 1.29 is 24.0 Å². The Bertz CT molecular complexity index is 807. The molecule has 0 saturated heterocycles. The topological polar surface area (TPSA) is 99.0 Å². The maximum atomic E-state index is 12.3. The number of ether oxygens (including phenoxy) is 2. The molecule has 136 valence electrons. The van der Waals surface area contributed by atoms with E-state index in [-0.39, 0.29) is 17.0 Å². The highest BCUT2D eigenvalue weighted by molar-refractivity contribution is 5.97. The first-order valence-corrected chi connectivity index (χ1v) is 7.82. The second kappa shape index (κ2) is 8.61. The molecule has 26 heavy (non-hydrogen) atoms. The highest BCUT2D eigenvalue weighted by Gasteiger charge is 2.21. The van der Waals surface area contributed by atoms with Crippen molar-refractivity contribution in [3.05, 3.63) is 64.2 Å². The van der Waals surface area contributed by atoms with Gasteiger partial charge in [0.05, 0.1) is 17.6 Å². The summed E-state index contributed by atoms with van der Waals surface area (Å²) in [6.45, 7) is 1.75. The number of rotatable bonds is 7. The Morgan fingerprint density at radius 3 is 2.42 bits per heavy atom. The van der Waals surface area contributed by atoms with Crippen LogP contribution in [0.25, 0.3) is 0 Å². The molecule has 2 aromatic carbocycles. The molecule has 0 atom stereocenters. The summed E-state index contributed by atoms with van der Waals surface area (Å²) < 4.78 is 9.89. The van der Waals surface area contributed by atoms with Crippen LogP contribution in [0.15, 0.2) is 48.5 Å². The third-order valence-corrected chi connectivity index (χ3v) is 3.62. The largest absolute Gasteiger partial charge is 0.490 e. The molecule has 0 fully saturated rings. The summed E-state index contributed by atoms with van der Waals surface area (Å²) in [6, 6.07) is 12.7. The zero-order chi connectivity index (χ0) is 19.1. The molecular weight excluding hydrogens is 340 g/mol. The van der Waals surface area contributed by atoms with E-state index < -0.39 is 23.4 Å². The van der Waals surface area contributed by atoms with E-state index in [1.165, 1.54) is 24.1 Å². The Morgan fingerprint density at radius 2 is 1.85 bits per heavy atom. The second-order valence-electron chi connectivity index (χ2n) is 5.19. The number of hydrogen-bond acceptors (Lipinski definition) is 6. The second-order valence-corrected chi connectivity index (χ2v) is 5.19. The summed E-state index contributed by atoms with van der Waals surface area (Å²) >= 11 is 0. The van der Waals surface area contributed by atoms with Crippen LogP contribution >= 0.6 is 0 Å². The lowest BCUT2D eigenvalue weighted by Crippen LogP contribution is -2.34. The van der Waals surface area contributed by atoms with Crippen molar-refractivity contribution in [2.45, 2.75) is 6.92 Å². The molecule has 8 nitrogen and oxygen atoms in total. The summed E-state index contributed by atoms with van der Waals surface area (Å²) in [5.41, 5.74) is 0.303. The number of hydrogen-bond donors (Lipinski definition) is 0. The van der Waals surface area contributed by atoms with Gasteiger partial charge in [0.25, 0.3) is 5.91 Å². The molecule has 0 bridgehead atoms. The monoisotopic (exact) mass is 358 g/mol. The van der Waals surface area contributed by atoms with Crippen molar-refractivity contribution in [2.75, 3.05) is 25.2 Å². The van der Waals surface area contributed by atoms with E-state index in [9.17, 15) is 19.7 Å². The van der Waals surface area contributed by atoms with Gasteiger partial charge in [-0.25, -0.2) is 4.79 Å². The Balaban J connectivity index is 2.07. The van der Waals surface area contributed by atoms with E-state index in [1.807, 2.05) is 6.07 Å². The van der Waals surface area contributed by atoms with Gasteiger partial charge >= 0.3 is 11.7 Å². The molecular formula is C18H18N2O6. The number of esters is 1. The van der Waals surface area contributed by atoms with E-state index in [1.54, 1.807) is 31.2 Å². The summed E-state index contributed by atoms with van der Waals surface area (Å²) in [4.78, 5) is 36.3. The van der Waals surface area contributed by atoms with E-state index in [2.05, 4.69) is 0 Å². The molecule has 0 aliphatic heterocycles. The zero-order valence-electron chi connectivity index (χ0n) is 14.4. The number of nitro benzene ring substituents is 1. The van der Waals surface area contributed by atoms with Crippen LogP contribution in [-0.2, 0) is 9.53 Å². The standard InChI is InChI=1S/C18H18N2O6/c1-3-19(14-7-5-4-6-8-14)17(21)12-26-18(22)13-9-10-16(25-2)15(11-13)20(23)24/h4-11H,3,12H2,1-2H3. The van der Waals surface area contributed by atoms with Gasteiger partial charge in [0.2, 0.25) is 0 Å². The van der Waals surface area contributed by atoms with E-state index in [4.69, 9.17) is 9.47 Å². The number of amides is 1. The van der Waals surface area contributed by atoms with Crippen LogP contribution in [-0.4, -0.2) is 37.1 Å². The molecule has 1 amide bonds. The zero-order valence-corrected chi connectivity index (χ0v) is 14.4. The number of para-hydroxylation sites is 1. The lowest BCUT2D eigenvalue weighted by Gasteiger charge is -2.20. The average Bonchev–Trinajstić information content (AvgIpc) is 2.66. The van der Waals surface area contributed by atoms with Crippen molar-refractivity contribution in [1.82, 2.24) is 0 Å². The smallest absolute Gasteiger partial charge is 0.338 e. The minimum Gasteiger partial charge on any atom is -0.490 e. The van der Waals surface area contributed by atoms with Crippen molar-refractivity contribution in [3.8, 4) is 5.75 Å². The summed E-state index contributed by atoms with van der Waals surface area (Å²) in [5.74, 6) is -1.19. The molecule has 2 aromatic rings. The number of anilines is 1. The fourth-order valence-corrected chi connectivity index (χ4v) is 2.36. The van der Waals surface area contributed by atoms with E-state index >= 15 is 0 Å². The molecule has 0 unspecified atom stereocenters. The van der Waals surface area contributed by atoms with Crippen molar-refractivity contribution >= 4 is 23.3 Å². The van der Waals surface area contributed by atoms with Crippen LogP contribution in [0.3, 0.4) is 0 Å². The molecule has 0 radical (unpaired) electrons. The van der Waals surface area contributed by atoms with Gasteiger partial charge in [-0.2, -0.15) is 0 Å². The van der Waals surface area contributed by atoms with Gasteiger partial charge in [0, 0.05) is 18.3 Å². The molecule has 0 aliphatic rings. The van der Waals surface area contributed by atoms with Crippen LogP contribution in [0.1, 0.15) is 17.3 Å². The number of nitrogens with zero attached hydrogens (tertiary/aromatic N) is 2. The lowest BCUT2D eigenvalue weighted by atomic mass is 10.2. The third kappa shape index (κ3) is 4.35. The minimum absolute atomic E-state index is 0.0314. The maximum absolute atomic E-state index is 12.3. The van der Waals surface area contributed by atoms with Gasteiger partial charge in [-0.05, 0) is 31.2 Å². The molecule has 0 aromatic heterocycles. The molecule has 0 spiro atoms. The van der Waals surface area contributed by atoms with Gasteiger partial charge in [0.15, 0.2) is 12.4 Å². The summed E-state index contributed by atoms with van der Waals surface area (Å²) in [7, 11) is 1.29. The predicted molar refractivity (Wildman–Crippen MR) is 94.4 cm³/mol. The lowest BCUT2D eigenvalue weighted by molar-refractivity contribution is -0.385. The highest BCUT2D eigenvalue weighted by Crippen LogP contribution is 2.27. The number of likely N-dealkylation sites (N-methyl/N-ethyl adjacent to an activating group) is 1. The SMILES string of the molecule is CCN(C(=O)COC(=O)c1ccc(OC)c([N+](=O)[O-])c1)c1ccccc1. The summed E-state index contributed by atoms with van der Waals surface area (Å²) in [5, 5.41) is 11.0. The van der Waals surface area contributed by atoms with Crippen LogP contribution in [0.2, 0.25) is 0 Å². The van der Waals surface area contributed by atoms with Crippen molar-refractivity contribution in [3.63, 3.8) is 0 Å². The first-order chi connectivity index (χ1) is 12.5. The third-order valence-electron chi connectivity index (χ3n) is 3.62. The Labute approximate surface area is 150 Å². The average molecular weight is 358 g/mol. The van der Waals surface area contributed by atoms with Crippen molar-refractivity contribution in [2.24, 2.45) is 0 Å². The number of benzene rings is 2. The van der Waals surface area contributed by atoms with Gasteiger partial charge in [-0.15, -0.1) is 0 Å².